The molecule has 0 bridgehead atoms. The Morgan fingerprint density at radius 2 is 1.97 bits per heavy atom. The van der Waals surface area contributed by atoms with E-state index in [1.54, 1.807) is 30.6 Å². The summed E-state index contributed by atoms with van der Waals surface area (Å²) in [5, 5.41) is 7.28. The van der Waals surface area contributed by atoms with Crippen molar-refractivity contribution < 1.29 is 9.18 Å². The first-order chi connectivity index (χ1) is 15.1. The lowest BCUT2D eigenvalue weighted by atomic mass is 10.1. The summed E-state index contributed by atoms with van der Waals surface area (Å²) in [5.74, 6) is -0.892. The highest BCUT2D eigenvalue weighted by Gasteiger charge is 2.11. The zero-order chi connectivity index (χ0) is 21.6. The summed E-state index contributed by atoms with van der Waals surface area (Å²) in [6.45, 7) is 2.44. The van der Waals surface area contributed by atoms with E-state index in [0.29, 0.717) is 6.54 Å². The number of carbonyl (C=O) groups excluding carboxylic acids is 1. The summed E-state index contributed by atoms with van der Waals surface area (Å²) in [6.07, 6.45) is 8.37. The van der Waals surface area contributed by atoms with Gasteiger partial charge in [-0.25, -0.2) is 4.39 Å². The number of nitrogens with one attached hydrogen (secondary N) is 1. The van der Waals surface area contributed by atoms with E-state index in [0.717, 1.165) is 27.9 Å². The number of amides is 1. The molecule has 2 heterocycles. The number of aryl methyl sites for hydroxylation is 1. The number of rotatable bonds is 6. The standard InChI is InChI=1S/C25H21FN4O/c1-18-9-11-22(26)23(14-18)28-24(31)12-10-21-17-30(16-19-6-3-2-4-7-19)29-25(21)20-8-5-13-27-15-20/h2-15,17H,16H2,1H3,(H,28,31). The van der Waals surface area contributed by atoms with Gasteiger partial charge in [-0.1, -0.05) is 36.4 Å². The quantitative estimate of drug-likeness (QED) is 0.449. The van der Waals surface area contributed by atoms with Crippen LogP contribution >= 0.6 is 0 Å². The molecule has 1 N–H and O–H groups in total. The Morgan fingerprint density at radius 3 is 2.74 bits per heavy atom. The maximum Gasteiger partial charge on any atom is 0.248 e. The third-order valence-corrected chi connectivity index (χ3v) is 4.71. The first kappa shape index (κ1) is 20.2. The fraction of sp³-hybridized carbons (Fsp3) is 0.0800. The van der Waals surface area contributed by atoms with Gasteiger partial charge >= 0.3 is 0 Å². The Kier molecular flexibility index (Phi) is 5.98. The van der Waals surface area contributed by atoms with E-state index >= 15 is 0 Å². The minimum absolute atomic E-state index is 0.155. The molecule has 0 aliphatic carbocycles. The Balaban J connectivity index is 1.60. The molecule has 4 aromatic rings. The van der Waals surface area contributed by atoms with Crippen molar-refractivity contribution in [2.45, 2.75) is 13.5 Å². The second kappa shape index (κ2) is 9.17. The van der Waals surface area contributed by atoms with Crippen LogP contribution in [0.15, 0.2) is 85.3 Å². The maximum atomic E-state index is 13.9. The molecule has 0 atom stereocenters. The van der Waals surface area contributed by atoms with Crippen LogP contribution in [0, 0.1) is 12.7 Å². The number of carbonyl (C=O) groups is 1. The molecular weight excluding hydrogens is 391 g/mol. The minimum atomic E-state index is -0.473. The number of pyridine rings is 1. The summed E-state index contributed by atoms with van der Waals surface area (Å²) >= 11 is 0. The molecule has 0 radical (unpaired) electrons. The largest absolute Gasteiger partial charge is 0.320 e. The van der Waals surface area contributed by atoms with E-state index in [4.69, 9.17) is 5.10 Å². The van der Waals surface area contributed by atoms with Crippen molar-refractivity contribution in [1.82, 2.24) is 14.8 Å². The molecule has 0 saturated carbocycles. The summed E-state index contributed by atoms with van der Waals surface area (Å²) in [7, 11) is 0. The van der Waals surface area contributed by atoms with E-state index in [-0.39, 0.29) is 5.69 Å². The van der Waals surface area contributed by atoms with Crippen LogP contribution in [-0.4, -0.2) is 20.7 Å². The van der Waals surface area contributed by atoms with E-state index in [1.165, 1.54) is 12.1 Å². The van der Waals surface area contributed by atoms with Crippen molar-refractivity contribution in [2.24, 2.45) is 0 Å². The van der Waals surface area contributed by atoms with Crippen LogP contribution in [0.1, 0.15) is 16.7 Å². The number of hydrogen-bond donors (Lipinski definition) is 1. The number of aromatic nitrogens is 3. The Hall–Kier alpha value is -4.06. The van der Waals surface area contributed by atoms with Crippen molar-refractivity contribution in [3.63, 3.8) is 0 Å². The van der Waals surface area contributed by atoms with Crippen LogP contribution in [-0.2, 0) is 11.3 Å². The minimum Gasteiger partial charge on any atom is -0.320 e. The van der Waals surface area contributed by atoms with Crippen molar-refractivity contribution in [2.75, 3.05) is 5.32 Å². The molecule has 0 unspecified atom stereocenters. The number of benzene rings is 2. The lowest BCUT2D eigenvalue weighted by Crippen LogP contribution is -2.09. The van der Waals surface area contributed by atoms with Gasteiger partial charge in [-0.05, 0) is 48.4 Å². The fourth-order valence-electron chi connectivity index (χ4n) is 3.21. The summed E-state index contributed by atoms with van der Waals surface area (Å²) in [6, 6.07) is 18.3. The molecule has 5 nitrogen and oxygen atoms in total. The second-order valence-electron chi connectivity index (χ2n) is 7.16. The van der Waals surface area contributed by atoms with Gasteiger partial charge < -0.3 is 5.32 Å². The number of anilines is 1. The van der Waals surface area contributed by atoms with Gasteiger partial charge in [0.2, 0.25) is 5.91 Å². The summed E-state index contributed by atoms with van der Waals surface area (Å²) < 4.78 is 15.8. The van der Waals surface area contributed by atoms with Gasteiger partial charge in [0.15, 0.2) is 0 Å². The van der Waals surface area contributed by atoms with Crippen LogP contribution in [0.5, 0.6) is 0 Å². The first-order valence-electron chi connectivity index (χ1n) is 9.85. The molecule has 0 saturated heterocycles. The maximum absolute atomic E-state index is 13.9. The Bertz CT molecular complexity index is 1220. The highest BCUT2D eigenvalue weighted by Crippen LogP contribution is 2.23. The smallest absolute Gasteiger partial charge is 0.248 e. The molecule has 0 spiro atoms. The SMILES string of the molecule is Cc1ccc(F)c(NC(=O)C=Cc2cn(Cc3ccccc3)nc2-c2cccnc2)c1. The highest BCUT2D eigenvalue weighted by molar-refractivity contribution is 6.02. The van der Waals surface area contributed by atoms with E-state index in [2.05, 4.69) is 10.3 Å². The summed E-state index contributed by atoms with van der Waals surface area (Å²) in [4.78, 5) is 16.6. The van der Waals surface area contributed by atoms with Crippen LogP contribution in [0.3, 0.4) is 0 Å². The molecule has 2 aromatic heterocycles. The fourth-order valence-corrected chi connectivity index (χ4v) is 3.21. The lowest BCUT2D eigenvalue weighted by Gasteiger charge is -2.04. The topological polar surface area (TPSA) is 59.8 Å². The van der Waals surface area contributed by atoms with Gasteiger partial charge in [-0.3, -0.25) is 14.5 Å². The molecule has 2 aromatic carbocycles. The van der Waals surface area contributed by atoms with Crippen LogP contribution in [0.2, 0.25) is 0 Å². The molecule has 1 amide bonds. The molecule has 31 heavy (non-hydrogen) atoms. The Labute approximate surface area is 179 Å². The van der Waals surface area contributed by atoms with Gasteiger partial charge in [-0.2, -0.15) is 5.10 Å². The highest BCUT2D eigenvalue weighted by atomic mass is 19.1. The van der Waals surface area contributed by atoms with Crippen LogP contribution < -0.4 is 5.32 Å². The molecule has 0 fully saturated rings. The van der Waals surface area contributed by atoms with Gasteiger partial charge in [0, 0.05) is 35.8 Å². The van der Waals surface area contributed by atoms with E-state index in [9.17, 15) is 9.18 Å². The second-order valence-corrected chi connectivity index (χ2v) is 7.16. The summed E-state index contributed by atoms with van der Waals surface area (Å²) in [5.41, 5.74) is 4.47. The third kappa shape index (κ3) is 5.11. The van der Waals surface area contributed by atoms with Gasteiger partial charge in [0.05, 0.1) is 12.2 Å². The number of nitrogens with zero attached hydrogens (tertiary/aromatic N) is 3. The predicted octanol–water partition coefficient (Wildman–Crippen LogP) is 5.09. The molecular formula is C25H21FN4O. The average molecular weight is 412 g/mol. The van der Waals surface area contributed by atoms with Gasteiger partial charge in [0.25, 0.3) is 0 Å². The van der Waals surface area contributed by atoms with Crippen LogP contribution in [0.4, 0.5) is 10.1 Å². The Morgan fingerprint density at radius 1 is 1.13 bits per heavy atom. The zero-order valence-electron chi connectivity index (χ0n) is 17.0. The number of hydrogen-bond acceptors (Lipinski definition) is 3. The first-order valence-corrected chi connectivity index (χ1v) is 9.85. The van der Waals surface area contributed by atoms with Crippen LogP contribution in [0.25, 0.3) is 17.3 Å². The third-order valence-electron chi connectivity index (χ3n) is 4.71. The zero-order valence-corrected chi connectivity index (χ0v) is 17.0. The van der Waals surface area contributed by atoms with Crippen molar-refractivity contribution in [1.29, 1.82) is 0 Å². The monoisotopic (exact) mass is 412 g/mol. The van der Waals surface area contributed by atoms with Crippen molar-refractivity contribution in [3.8, 4) is 11.3 Å². The molecule has 4 rings (SSSR count). The van der Waals surface area contributed by atoms with Crippen molar-refractivity contribution in [3.05, 3.63) is 108 Å². The van der Waals surface area contributed by atoms with Crippen molar-refractivity contribution >= 4 is 17.7 Å². The predicted molar refractivity (Wildman–Crippen MR) is 120 cm³/mol. The number of halogens is 1. The average Bonchev–Trinajstić information content (AvgIpc) is 3.19. The normalized spacial score (nSPS) is 11.0. The van der Waals surface area contributed by atoms with Gasteiger partial charge in [-0.15, -0.1) is 0 Å². The van der Waals surface area contributed by atoms with E-state index in [1.807, 2.05) is 60.3 Å². The molecule has 0 aliphatic heterocycles. The lowest BCUT2D eigenvalue weighted by molar-refractivity contribution is -0.111. The molecule has 154 valence electrons. The van der Waals surface area contributed by atoms with E-state index < -0.39 is 11.7 Å². The molecule has 6 heteroatoms. The van der Waals surface area contributed by atoms with Gasteiger partial charge in [0.1, 0.15) is 11.5 Å². The molecule has 0 aliphatic rings.